The second-order valence-electron chi connectivity index (χ2n) is 4.40. The lowest BCUT2D eigenvalue weighted by Gasteiger charge is -2.13. The Balaban J connectivity index is 2.06. The van der Waals surface area contributed by atoms with Gasteiger partial charge in [0.15, 0.2) is 0 Å². The van der Waals surface area contributed by atoms with Crippen LogP contribution < -0.4 is 9.46 Å². The summed E-state index contributed by atoms with van der Waals surface area (Å²) in [6.45, 7) is 0.605. The molecule has 0 aromatic heterocycles. The Morgan fingerprint density at radius 1 is 1.53 bits per heavy atom. The van der Waals surface area contributed by atoms with Gasteiger partial charge in [0.05, 0.1) is 24.7 Å². The van der Waals surface area contributed by atoms with Crippen LogP contribution in [0.5, 0.6) is 11.5 Å². The smallest absolute Gasteiger partial charge is 0.235 e. The van der Waals surface area contributed by atoms with Gasteiger partial charge in [0.1, 0.15) is 11.5 Å². The molecule has 1 saturated heterocycles. The number of methoxy groups -OCH3 is 1. The van der Waals surface area contributed by atoms with Gasteiger partial charge in [0.25, 0.3) is 0 Å². The second kappa shape index (κ2) is 5.66. The Morgan fingerprint density at radius 2 is 2.32 bits per heavy atom. The number of phenols is 1. The van der Waals surface area contributed by atoms with Gasteiger partial charge in [-0.15, -0.1) is 0 Å². The topological polar surface area (TPSA) is 84.9 Å². The minimum Gasteiger partial charge on any atom is -0.506 e. The number of aromatic hydroxyl groups is 1. The molecule has 1 aromatic carbocycles. The Labute approximate surface area is 112 Å². The van der Waals surface area contributed by atoms with Crippen LogP contribution in [-0.2, 0) is 14.8 Å². The van der Waals surface area contributed by atoms with E-state index in [1.807, 2.05) is 0 Å². The molecule has 2 rings (SSSR count). The van der Waals surface area contributed by atoms with Gasteiger partial charge in [-0.3, -0.25) is 4.72 Å². The molecule has 1 fully saturated rings. The fourth-order valence-electron chi connectivity index (χ4n) is 1.95. The van der Waals surface area contributed by atoms with Crippen molar-refractivity contribution in [2.45, 2.75) is 18.9 Å². The minimum absolute atomic E-state index is 0.0987. The third-order valence-corrected chi connectivity index (χ3v) is 4.24. The van der Waals surface area contributed by atoms with E-state index in [1.54, 1.807) is 6.07 Å². The molecule has 1 unspecified atom stereocenters. The van der Waals surface area contributed by atoms with Crippen LogP contribution in [0.3, 0.4) is 0 Å². The number of anilines is 1. The number of benzene rings is 1. The summed E-state index contributed by atoms with van der Waals surface area (Å²) in [7, 11) is -2.07. The van der Waals surface area contributed by atoms with Crippen LogP contribution in [0.4, 0.5) is 5.69 Å². The van der Waals surface area contributed by atoms with E-state index in [4.69, 9.17) is 9.47 Å². The predicted octanol–water partition coefficient (Wildman–Crippen LogP) is 1.32. The molecule has 0 radical (unpaired) electrons. The van der Waals surface area contributed by atoms with E-state index in [0.29, 0.717) is 12.4 Å². The molecule has 7 heteroatoms. The van der Waals surface area contributed by atoms with Crippen molar-refractivity contribution in [1.82, 2.24) is 0 Å². The normalized spacial score (nSPS) is 19.3. The standard InChI is InChI=1S/C12H17NO5S/c1-17-9-4-5-11(12(14)7-9)13-19(15,16)8-10-3-2-6-18-10/h4-5,7,10,13-14H,2-3,6,8H2,1H3. The molecular weight excluding hydrogens is 270 g/mol. The van der Waals surface area contributed by atoms with Crippen molar-refractivity contribution in [3.8, 4) is 11.5 Å². The van der Waals surface area contributed by atoms with E-state index < -0.39 is 10.0 Å². The summed E-state index contributed by atoms with van der Waals surface area (Å²) in [6, 6.07) is 4.38. The van der Waals surface area contributed by atoms with Crippen molar-refractivity contribution in [3.05, 3.63) is 18.2 Å². The van der Waals surface area contributed by atoms with Crippen LogP contribution in [0.1, 0.15) is 12.8 Å². The van der Waals surface area contributed by atoms with Gasteiger partial charge in [-0.05, 0) is 25.0 Å². The Hall–Kier alpha value is -1.47. The maximum atomic E-state index is 11.9. The first-order valence-corrected chi connectivity index (χ1v) is 7.64. The molecule has 1 atom stereocenters. The van der Waals surface area contributed by atoms with Crippen molar-refractivity contribution < 1.29 is 23.0 Å². The average molecular weight is 287 g/mol. The minimum atomic E-state index is -3.54. The third-order valence-electron chi connectivity index (χ3n) is 2.90. The SMILES string of the molecule is COc1ccc(NS(=O)(=O)CC2CCCO2)c(O)c1. The highest BCUT2D eigenvalue weighted by atomic mass is 32.2. The van der Waals surface area contributed by atoms with Crippen molar-refractivity contribution in [1.29, 1.82) is 0 Å². The lowest BCUT2D eigenvalue weighted by Crippen LogP contribution is -2.25. The van der Waals surface area contributed by atoms with Gasteiger partial charge in [-0.25, -0.2) is 8.42 Å². The Kier molecular flexibility index (Phi) is 4.16. The number of hydrogen-bond donors (Lipinski definition) is 2. The molecule has 1 aromatic rings. The second-order valence-corrected chi connectivity index (χ2v) is 6.17. The number of sulfonamides is 1. The maximum Gasteiger partial charge on any atom is 0.235 e. The summed E-state index contributed by atoms with van der Waals surface area (Å²) in [5, 5.41) is 9.71. The highest BCUT2D eigenvalue weighted by Crippen LogP contribution is 2.29. The highest BCUT2D eigenvalue weighted by molar-refractivity contribution is 7.92. The van der Waals surface area contributed by atoms with Crippen molar-refractivity contribution in [3.63, 3.8) is 0 Å². The first-order chi connectivity index (χ1) is 9.00. The van der Waals surface area contributed by atoms with Crippen LogP contribution in [0.25, 0.3) is 0 Å². The molecule has 1 heterocycles. The number of nitrogens with one attached hydrogen (secondary N) is 1. The molecule has 106 valence electrons. The number of rotatable bonds is 5. The van der Waals surface area contributed by atoms with Gasteiger partial charge in [0.2, 0.25) is 10.0 Å². The molecule has 1 aliphatic heterocycles. The maximum absolute atomic E-state index is 11.9. The fourth-order valence-corrected chi connectivity index (χ4v) is 3.30. The van der Waals surface area contributed by atoms with Crippen LogP contribution in [-0.4, -0.2) is 39.1 Å². The van der Waals surface area contributed by atoms with Gasteiger partial charge in [-0.2, -0.15) is 0 Å². The zero-order chi connectivity index (χ0) is 13.9. The first-order valence-electron chi connectivity index (χ1n) is 5.99. The Morgan fingerprint density at radius 3 is 2.89 bits per heavy atom. The van der Waals surface area contributed by atoms with E-state index in [-0.39, 0.29) is 23.3 Å². The molecule has 2 N–H and O–H groups in total. The molecular formula is C12H17NO5S. The number of ether oxygens (including phenoxy) is 2. The van der Waals surface area contributed by atoms with Crippen molar-refractivity contribution in [2.75, 3.05) is 24.2 Å². The molecule has 0 spiro atoms. The third kappa shape index (κ3) is 3.74. The van der Waals surface area contributed by atoms with Gasteiger partial charge < -0.3 is 14.6 Å². The molecule has 0 saturated carbocycles. The lowest BCUT2D eigenvalue weighted by atomic mass is 10.3. The highest BCUT2D eigenvalue weighted by Gasteiger charge is 2.23. The van der Waals surface area contributed by atoms with Gasteiger partial charge in [-0.1, -0.05) is 0 Å². The summed E-state index contributed by atoms with van der Waals surface area (Å²) in [4.78, 5) is 0. The van der Waals surface area contributed by atoms with Gasteiger partial charge in [0, 0.05) is 12.7 Å². The summed E-state index contributed by atoms with van der Waals surface area (Å²) in [5.41, 5.74) is 0.138. The lowest BCUT2D eigenvalue weighted by molar-refractivity contribution is 0.127. The monoisotopic (exact) mass is 287 g/mol. The molecule has 6 nitrogen and oxygen atoms in total. The van der Waals surface area contributed by atoms with E-state index in [1.165, 1.54) is 19.2 Å². The van der Waals surface area contributed by atoms with Gasteiger partial charge >= 0.3 is 0 Å². The van der Waals surface area contributed by atoms with E-state index >= 15 is 0 Å². The van der Waals surface area contributed by atoms with Crippen molar-refractivity contribution in [2.24, 2.45) is 0 Å². The first kappa shape index (κ1) is 14.0. The van der Waals surface area contributed by atoms with E-state index in [2.05, 4.69) is 4.72 Å². The molecule has 0 bridgehead atoms. The largest absolute Gasteiger partial charge is 0.506 e. The van der Waals surface area contributed by atoms with E-state index in [9.17, 15) is 13.5 Å². The zero-order valence-corrected chi connectivity index (χ0v) is 11.4. The molecule has 1 aliphatic rings. The quantitative estimate of drug-likeness (QED) is 0.798. The number of phenolic OH excluding ortho intramolecular Hbond substituents is 1. The summed E-state index contributed by atoms with van der Waals surface area (Å²) in [5.74, 6) is 0.188. The van der Waals surface area contributed by atoms with Crippen LogP contribution in [0, 0.1) is 0 Å². The van der Waals surface area contributed by atoms with Crippen LogP contribution in [0.2, 0.25) is 0 Å². The van der Waals surface area contributed by atoms with Crippen LogP contribution >= 0.6 is 0 Å². The van der Waals surface area contributed by atoms with Crippen LogP contribution in [0.15, 0.2) is 18.2 Å². The van der Waals surface area contributed by atoms with Crippen molar-refractivity contribution >= 4 is 15.7 Å². The average Bonchev–Trinajstić information content (AvgIpc) is 2.83. The fraction of sp³-hybridized carbons (Fsp3) is 0.500. The molecule has 0 aliphatic carbocycles. The summed E-state index contributed by atoms with van der Waals surface area (Å²) in [6.07, 6.45) is 1.36. The molecule has 19 heavy (non-hydrogen) atoms. The summed E-state index contributed by atoms with van der Waals surface area (Å²) < 4.78 is 36.4. The Bertz CT molecular complexity index is 537. The zero-order valence-electron chi connectivity index (χ0n) is 10.6. The number of hydrogen-bond acceptors (Lipinski definition) is 5. The van der Waals surface area contributed by atoms with E-state index in [0.717, 1.165) is 12.8 Å². The molecule has 0 amide bonds. The predicted molar refractivity (Wildman–Crippen MR) is 71.0 cm³/mol. The summed E-state index contributed by atoms with van der Waals surface area (Å²) >= 11 is 0.